The summed E-state index contributed by atoms with van der Waals surface area (Å²) >= 11 is 0. The Kier molecular flexibility index (Phi) is 1.84. The SMILES string of the molecule is CC1(C)CC1(C(=O)O)c1cccc(O)c1. The number of aliphatic carboxylic acids is 1. The molecule has 1 unspecified atom stereocenters. The van der Waals surface area contributed by atoms with E-state index in [1.165, 1.54) is 0 Å². The number of benzene rings is 1. The van der Waals surface area contributed by atoms with Gasteiger partial charge in [-0.15, -0.1) is 0 Å². The monoisotopic (exact) mass is 206 g/mol. The number of carboxylic acids is 1. The van der Waals surface area contributed by atoms with E-state index in [0.29, 0.717) is 12.0 Å². The predicted octanol–water partition coefficient (Wildman–Crippen LogP) is 2.14. The number of phenols is 1. The van der Waals surface area contributed by atoms with E-state index in [-0.39, 0.29) is 11.2 Å². The van der Waals surface area contributed by atoms with Crippen LogP contribution in [-0.2, 0) is 10.2 Å². The third-order valence-electron chi connectivity index (χ3n) is 3.44. The van der Waals surface area contributed by atoms with Crippen LogP contribution in [0.1, 0.15) is 25.8 Å². The fourth-order valence-electron chi connectivity index (χ4n) is 2.37. The normalized spacial score (nSPS) is 27.3. The van der Waals surface area contributed by atoms with Crippen molar-refractivity contribution < 1.29 is 15.0 Å². The second-order valence-corrected chi connectivity index (χ2v) is 4.82. The van der Waals surface area contributed by atoms with Gasteiger partial charge in [0.1, 0.15) is 5.75 Å². The Labute approximate surface area is 88.4 Å². The molecule has 0 aliphatic heterocycles. The number of phenolic OH excluding ortho intramolecular Hbond substituents is 1. The highest BCUT2D eigenvalue weighted by atomic mass is 16.4. The summed E-state index contributed by atoms with van der Waals surface area (Å²) in [6, 6.07) is 6.55. The molecule has 15 heavy (non-hydrogen) atoms. The molecule has 0 heterocycles. The van der Waals surface area contributed by atoms with E-state index in [1.54, 1.807) is 24.3 Å². The molecule has 1 aliphatic rings. The number of carbonyl (C=O) groups is 1. The molecule has 1 aliphatic carbocycles. The summed E-state index contributed by atoms with van der Waals surface area (Å²) in [5, 5.41) is 18.7. The molecule has 3 nitrogen and oxygen atoms in total. The first-order chi connectivity index (χ1) is 6.90. The maximum Gasteiger partial charge on any atom is 0.314 e. The van der Waals surface area contributed by atoms with Gasteiger partial charge in [0, 0.05) is 0 Å². The average molecular weight is 206 g/mol. The summed E-state index contributed by atoms with van der Waals surface area (Å²) in [4.78, 5) is 11.3. The molecule has 2 N–H and O–H groups in total. The first kappa shape index (κ1) is 10.0. The van der Waals surface area contributed by atoms with E-state index >= 15 is 0 Å². The van der Waals surface area contributed by atoms with E-state index in [9.17, 15) is 15.0 Å². The lowest BCUT2D eigenvalue weighted by Crippen LogP contribution is -2.25. The Balaban J connectivity index is 2.50. The number of carboxylic acid groups (broad SMARTS) is 1. The summed E-state index contributed by atoms with van der Waals surface area (Å²) in [5.41, 5.74) is -0.349. The Morgan fingerprint density at radius 1 is 1.40 bits per heavy atom. The highest BCUT2D eigenvalue weighted by Gasteiger charge is 2.67. The van der Waals surface area contributed by atoms with Crippen LogP contribution in [0.15, 0.2) is 24.3 Å². The zero-order valence-corrected chi connectivity index (χ0v) is 8.82. The average Bonchev–Trinajstić information content (AvgIpc) is 2.71. The Hall–Kier alpha value is -1.51. The zero-order valence-electron chi connectivity index (χ0n) is 8.82. The molecule has 0 bridgehead atoms. The molecule has 1 saturated carbocycles. The molecule has 0 spiro atoms. The van der Waals surface area contributed by atoms with E-state index in [1.807, 2.05) is 13.8 Å². The Morgan fingerprint density at radius 3 is 2.40 bits per heavy atom. The van der Waals surface area contributed by atoms with Gasteiger partial charge >= 0.3 is 5.97 Å². The van der Waals surface area contributed by atoms with Crippen molar-refractivity contribution in [3.8, 4) is 5.75 Å². The van der Waals surface area contributed by atoms with E-state index in [4.69, 9.17) is 0 Å². The predicted molar refractivity (Wildman–Crippen MR) is 55.8 cm³/mol. The summed E-state index contributed by atoms with van der Waals surface area (Å²) in [5.74, 6) is -0.686. The number of hydrogen-bond acceptors (Lipinski definition) is 2. The van der Waals surface area contributed by atoms with Gasteiger partial charge in [-0.1, -0.05) is 26.0 Å². The van der Waals surface area contributed by atoms with Crippen LogP contribution in [0.3, 0.4) is 0 Å². The fourth-order valence-corrected chi connectivity index (χ4v) is 2.37. The molecule has 1 aromatic rings. The summed E-state index contributed by atoms with van der Waals surface area (Å²) in [7, 11) is 0. The van der Waals surface area contributed by atoms with Crippen molar-refractivity contribution in [3.63, 3.8) is 0 Å². The van der Waals surface area contributed by atoms with Gasteiger partial charge in [-0.3, -0.25) is 4.79 Å². The van der Waals surface area contributed by atoms with Crippen LogP contribution in [0.5, 0.6) is 5.75 Å². The van der Waals surface area contributed by atoms with Gasteiger partial charge in [0.2, 0.25) is 0 Å². The van der Waals surface area contributed by atoms with Crippen molar-refractivity contribution in [3.05, 3.63) is 29.8 Å². The third-order valence-corrected chi connectivity index (χ3v) is 3.44. The van der Waals surface area contributed by atoms with Crippen LogP contribution in [-0.4, -0.2) is 16.2 Å². The number of hydrogen-bond donors (Lipinski definition) is 2. The maximum atomic E-state index is 11.3. The highest BCUT2D eigenvalue weighted by Crippen LogP contribution is 2.64. The van der Waals surface area contributed by atoms with E-state index in [0.717, 1.165) is 0 Å². The largest absolute Gasteiger partial charge is 0.508 e. The zero-order chi connectivity index (χ0) is 11.3. The van der Waals surface area contributed by atoms with Gasteiger partial charge in [0.25, 0.3) is 0 Å². The van der Waals surface area contributed by atoms with Crippen LogP contribution in [0.4, 0.5) is 0 Å². The minimum atomic E-state index is -0.814. The van der Waals surface area contributed by atoms with Crippen LogP contribution in [0, 0.1) is 5.41 Å². The Bertz CT molecular complexity index is 423. The first-order valence-corrected chi connectivity index (χ1v) is 4.93. The van der Waals surface area contributed by atoms with Crippen molar-refractivity contribution in [2.45, 2.75) is 25.7 Å². The molecule has 0 saturated heterocycles. The van der Waals surface area contributed by atoms with Gasteiger partial charge in [-0.05, 0) is 29.5 Å². The number of rotatable bonds is 2. The maximum absolute atomic E-state index is 11.3. The lowest BCUT2D eigenvalue weighted by atomic mass is 9.88. The molecule has 1 fully saturated rings. The molecular formula is C12H14O3. The van der Waals surface area contributed by atoms with Crippen molar-refractivity contribution in [2.24, 2.45) is 5.41 Å². The summed E-state index contributed by atoms with van der Waals surface area (Å²) in [6.45, 7) is 3.87. The minimum Gasteiger partial charge on any atom is -0.508 e. The summed E-state index contributed by atoms with van der Waals surface area (Å²) < 4.78 is 0. The molecule has 1 atom stereocenters. The molecule has 3 heteroatoms. The lowest BCUT2D eigenvalue weighted by molar-refractivity contribution is -0.141. The van der Waals surface area contributed by atoms with Crippen LogP contribution < -0.4 is 0 Å². The minimum absolute atomic E-state index is 0.121. The topological polar surface area (TPSA) is 57.5 Å². The van der Waals surface area contributed by atoms with Gasteiger partial charge in [-0.2, -0.15) is 0 Å². The lowest BCUT2D eigenvalue weighted by Gasteiger charge is -2.16. The van der Waals surface area contributed by atoms with Gasteiger partial charge in [-0.25, -0.2) is 0 Å². The fraction of sp³-hybridized carbons (Fsp3) is 0.417. The molecule has 2 rings (SSSR count). The molecular weight excluding hydrogens is 192 g/mol. The van der Waals surface area contributed by atoms with E-state index in [2.05, 4.69) is 0 Å². The van der Waals surface area contributed by atoms with Crippen LogP contribution in [0.2, 0.25) is 0 Å². The molecule has 0 radical (unpaired) electrons. The van der Waals surface area contributed by atoms with Crippen molar-refractivity contribution in [2.75, 3.05) is 0 Å². The van der Waals surface area contributed by atoms with Crippen molar-refractivity contribution >= 4 is 5.97 Å². The highest BCUT2D eigenvalue weighted by molar-refractivity contribution is 5.87. The molecule has 1 aromatic carbocycles. The van der Waals surface area contributed by atoms with Crippen molar-refractivity contribution in [1.29, 1.82) is 0 Å². The van der Waals surface area contributed by atoms with Gasteiger partial charge in [0.05, 0.1) is 5.41 Å². The smallest absolute Gasteiger partial charge is 0.314 e. The molecule has 0 aromatic heterocycles. The quantitative estimate of drug-likeness (QED) is 0.779. The van der Waals surface area contributed by atoms with Crippen LogP contribution in [0.25, 0.3) is 0 Å². The van der Waals surface area contributed by atoms with Crippen molar-refractivity contribution in [1.82, 2.24) is 0 Å². The Morgan fingerprint density at radius 2 is 2.00 bits per heavy atom. The second kappa shape index (κ2) is 2.75. The molecule has 80 valence electrons. The van der Waals surface area contributed by atoms with Gasteiger partial charge < -0.3 is 10.2 Å². The number of aromatic hydroxyl groups is 1. The van der Waals surface area contributed by atoms with Crippen LogP contribution >= 0.6 is 0 Å². The van der Waals surface area contributed by atoms with E-state index < -0.39 is 11.4 Å². The second-order valence-electron chi connectivity index (χ2n) is 4.82. The standard InChI is InChI=1S/C12H14O3/c1-11(2)7-12(11,10(14)15)8-4-3-5-9(13)6-8/h3-6,13H,7H2,1-2H3,(H,14,15). The third kappa shape index (κ3) is 1.23. The summed E-state index contributed by atoms with van der Waals surface area (Å²) in [6.07, 6.45) is 0.624. The molecule has 0 amide bonds. The van der Waals surface area contributed by atoms with Gasteiger partial charge in [0.15, 0.2) is 0 Å². The first-order valence-electron chi connectivity index (χ1n) is 4.93.